The first-order valence-corrected chi connectivity index (χ1v) is 7.44. The summed E-state index contributed by atoms with van der Waals surface area (Å²) in [5.41, 5.74) is 3.04. The molecule has 0 aliphatic heterocycles. The predicted octanol–water partition coefficient (Wildman–Crippen LogP) is 5.06. The molecule has 2 rings (SSSR count). The molecular weight excluding hydrogens is 260 g/mol. The third kappa shape index (κ3) is 3.10. The molecule has 0 atom stereocenters. The van der Waals surface area contributed by atoms with Crippen LogP contribution < -0.4 is 0 Å². The van der Waals surface area contributed by atoms with Crippen LogP contribution in [0.5, 0.6) is 0 Å². The smallest absolute Gasteiger partial charge is 0.0146 e. The van der Waals surface area contributed by atoms with Gasteiger partial charge in [0.25, 0.3) is 0 Å². The molecule has 1 saturated carbocycles. The molecule has 16 heavy (non-hydrogen) atoms. The van der Waals surface area contributed by atoms with E-state index in [9.17, 15) is 0 Å². The van der Waals surface area contributed by atoms with Gasteiger partial charge in [-0.1, -0.05) is 53.5 Å². The Labute approximate surface area is 108 Å². The van der Waals surface area contributed by atoms with Crippen molar-refractivity contribution in [1.29, 1.82) is 0 Å². The summed E-state index contributed by atoms with van der Waals surface area (Å²) in [5.74, 6) is 0.810. The van der Waals surface area contributed by atoms with Gasteiger partial charge in [-0.25, -0.2) is 0 Å². The van der Waals surface area contributed by atoms with Crippen molar-refractivity contribution in [3.8, 4) is 0 Å². The number of hydrogen-bond acceptors (Lipinski definition) is 0. The topological polar surface area (TPSA) is 0 Å². The zero-order valence-electron chi connectivity index (χ0n) is 10.1. The second-order valence-electron chi connectivity index (χ2n) is 4.94. The average Bonchev–Trinajstić information content (AvgIpc) is 2.32. The molecule has 0 aromatic heterocycles. The standard InChI is InChI=1S/C15H21Br/c1-2-3-12-4-6-13(7-5-12)14-8-10-15(16)11-9-14/h4-7,14-15H,2-3,8-11H2,1H3/t14-,15-. The first kappa shape index (κ1) is 12.2. The highest BCUT2D eigenvalue weighted by molar-refractivity contribution is 9.09. The number of aryl methyl sites for hydroxylation is 1. The van der Waals surface area contributed by atoms with Gasteiger partial charge in [-0.2, -0.15) is 0 Å². The Morgan fingerprint density at radius 2 is 1.69 bits per heavy atom. The first-order chi connectivity index (χ1) is 7.79. The molecule has 0 spiro atoms. The number of benzene rings is 1. The van der Waals surface area contributed by atoms with Gasteiger partial charge in [-0.05, 0) is 49.1 Å². The van der Waals surface area contributed by atoms with Crippen LogP contribution in [0.15, 0.2) is 24.3 Å². The lowest BCUT2D eigenvalue weighted by Crippen LogP contribution is -2.12. The van der Waals surface area contributed by atoms with Crippen molar-refractivity contribution in [2.24, 2.45) is 0 Å². The number of hydrogen-bond donors (Lipinski definition) is 0. The maximum Gasteiger partial charge on any atom is 0.0146 e. The second-order valence-corrected chi connectivity index (χ2v) is 6.24. The van der Waals surface area contributed by atoms with E-state index in [1.807, 2.05) is 0 Å². The van der Waals surface area contributed by atoms with E-state index in [2.05, 4.69) is 47.1 Å². The molecule has 1 fully saturated rings. The SMILES string of the molecule is CCCc1ccc([C@H]2CC[C@H](Br)CC2)cc1. The van der Waals surface area contributed by atoms with Crippen molar-refractivity contribution in [1.82, 2.24) is 0 Å². The molecule has 0 amide bonds. The molecule has 0 bridgehead atoms. The molecule has 0 nitrogen and oxygen atoms in total. The van der Waals surface area contributed by atoms with E-state index in [0.717, 1.165) is 10.7 Å². The lowest BCUT2D eigenvalue weighted by atomic mass is 9.84. The van der Waals surface area contributed by atoms with Crippen LogP contribution in [0.1, 0.15) is 56.1 Å². The zero-order chi connectivity index (χ0) is 11.4. The number of alkyl halides is 1. The summed E-state index contributed by atoms with van der Waals surface area (Å²) < 4.78 is 0. The Bertz CT molecular complexity index is 307. The van der Waals surface area contributed by atoms with E-state index >= 15 is 0 Å². The van der Waals surface area contributed by atoms with Crippen LogP contribution in [0, 0.1) is 0 Å². The summed E-state index contributed by atoms with van der Waals surface area (Å²) >= 11 is 3.72. The van der Waals surface area contributed by atoms with Crippen LogP contribution in [0.25, 0.3) is 0 Å². The molecular formula is C15H21Br. The van der Waals surface area contributed by atoms with E-state index in [-0.39, 0.29) is 0 Å². The Kier molecular flexibility index (Phi) is 4.45. The maximum atomic E-state index is 3.72. The van der Waals surface area contributed by atoms with Crippen molar-refractivity contribution in [3.63, 3.8) is 0 Å². The van der Waals surface area contributed by atoms with E-state index in [1.165, 1.54) is 44.1 Å². The molecule has 0 unspecified atom stereocenters. The van der Waals surface area contributed by atoms with Crippen molar-refractivity contribution in [2.45, 2.75) is 56.2 Å². The highest BCUT2D eigenvalue weighted by atomic mass is 79.9. The lowest BCUT2D eigenvalue weighted by Gasteiger charge is -2.25. The molecule has 0 N–H and O–H groups in total. The minimum absolute atomic E-state index is 0.767. The molecule has 1 aromatic rings. The molecule has 1 aliphatic carbocycles. The van der Waals surface area contributed by atoms with Crippen LogP contribution >= 0.6 is 15.9 Å². The second kappa shape index (κ2) is 5.86. The zero-order valence-corrected chi connectivity index (χ0v) is 11.7. The van der Waals surface area contributed by atoms with Crippen molar-refractivity contribution in [2.75, 3.05) is 0 Å². The van der Waals surface area contributed by atoms with Gasteiger partial charge in [0.05, 0.1) is 0 Å². The van der Waals surface area contributed by atoms with Gasteiger partial charge < -0.3 is 0 Å². The Morgan fingerprint density at radius 3 is 2.25 bits per heavy atom. The first-order valence-electron chi connectivity index (χ1n) is 6.52. The molecule has 0 saturated heterocycles. The third-order valence-corrected chi connectivity index (χ3v) is 4.56. The van der Waals surface area contributed by atoms with E-state index in [1.54, 1.807) is 5.56 Å². The summed E-state index contributed by atoms with van der Waals surface area (Å²) in [5, 5.41) is 0. The maximum absolute atomic E-state index is 3.72. The van der Waals surface area contributed by atoms with E-state index in [4.69, 9.17) is 0 Å². The quantitative estimate of drug-likeness (QED) is 0.679. The molecule has 1 aromatic carbocycles. The molecule has 1 aliphatic rings. The molecule has 88 valence electrons. The van der Waals surface area contributed by atoms with Gasteiger partial charge in [-0.15, -0.1) is 0 Å². The summed E-state index contributed by atoms with van der Waals surface area (Å²) in [7, 11) is 0. The summed E-state index contributed by atoms with van der Waals surface area (Å²) in [6, 6.07) is 9.34. The summed E-state index contributed by atoms with van der Waals surface area (Å²) in [4.78, 5) is 0.767. The largest absolute Gasteiger partial charge is 0.0891 e. The van der Waals surface area contributed by atoms with Crippen LogP contribution in [0.2, 0.25) is 0 Å². The Morgan fingerprint density at radius 1 is 1.06 bits per heavy atom. The number of halogens is 1. The van der Waals surface area contributed by atoms with Crippen LogP contribution in [0.3, 0.4) is 0 Å². The van der Waals surface area contributed by atoms with Crippen molar-refractivity contribution < 1.29 is 0 Å². The summed E-state index contributed by atoms with van der Waals surface area (Å²) in [6.45, 7) is 2.24. The van der Waals surface area contributed by atoms with Gasteiger partial charge in [0, 0.05) is 4.83 Å². The number of rotatable bonds is 3. The normalized spacial score (nSPS) is 25.6. The van der Waals surface area contributed by atoms with E-state index < -0.39 is 0 Å². The lowest BCUT2D eigenvalue weighted by molar-refractivity contribution is 0.457. The van der Waals surface area contributed by atoms with Gasteiger partial charge >= 0.3 is 0 Å². The molecule has 0 heterocycles. The van der Waals surface area contributed by atoms with E-state index in [0.29, 0.717) is 0 Å². The highest BCUT2D eigenvalue weighted by Gasteiger charge is 2.20. The Hall–Kier alpha value is -0.300. The van der Waals surface area contributed by atoms with Crippen molar-refractivity contribution in [3.05, 3.63) is 35.4 Å². The van der Waals surface area contributed by atoms with Crippen LogP contribution in [-0.2, 0) is 6.42 Å². The monoisotopic (exact) mass is 280 g/mol. The minimum Gasteiger partial charge on any atom is -0.0891 e. The predicted molar refractivity (Wildman–Crippen MR) is 74.4 cm³/mol. The van der Waals surface area contributed by atoms with Gasteiger partial charge in [0.2, 0.25) is 0 Å². The summed E-state index contributed by atoms with van der Waals surface area (Å²) in [6.07, 6.45) is 7.83. The fourth-order valence-electron chi connectivity index (χ4n) is 2.63. The van der Waals surface area contributed by atoms with Gasteiger partial charge in [0.15, 0.2) is 0 Å². The van der Waals surface area contributed by atoms with Gasteiger partial charge in [-0.3, -0.25) is 0 Å². The highest BCUT2D eigenvalue weighted by Crippen LogP contribution is 2.35. The van der Waals surface area contributed by atoms with Crippen LogP contribution in [0.4, 0.5) is 0 Å². The van der Waals surface area contributed by atoms with Gasteiger partial charge in [0.1, 0.15) is 0 Å². The van der Waals surface area contributed by atoms with Crippen LogP contribution in [-0.4, -0.2) is 4.83 Å². The Balaban J connectivity index is 1.98. The van der Waals surface area contributed by atoms with Crippen molar-refractivity contribution >= 4 is 15.9 Å². The minimum atomic E-state index is 0.767. The third-order valence-electron chi connectivity index (χ3n) is 3.65. The fourth-order valence-corrected chi connectivity index (χ4v) is 3.16. The fraction of sp³-hybridized carbons (Fsp3) is 0.600. The molecule has 0 radical (unpaired) electrons. The molecule has 1 heteroatoms. The average molecular weight is 281 g/mol.